The molecule has 0 bridgehead atoms. The third-order valence-electron chi connectivity index (χ3n) is 3.79. The predicted octanol–water partition coefficient (Wildman–Crippen LogP) is 1.85. The van der Waals surface area contributed by atoms with Crippen LogP contribution in [0.3, 0.4) is 0 Å². The molecule has 0 amide bonds. The van der Waals surface area contributed by atoms with Crippen LogP contribution in [0, 0.1) is 0 Å². The molecule has 0 radical (unpaired) electrons. The Labute approximate surface area is 121 Å². The van der Waals surface area contributed by atoms with Crippen molar-refractivity contribution < 1.29 is 14.6 Å². The van der Waals surface area contributed by atoms with E-state index in [4.69, 9.17) is 14.6 Å². The number of morpholine rings is 1. The number of hydrogen-bond donors (Lipinski definition) is 1. The lowest BCUT2D eigenvalue weighted by Gasteiger charge is -2.45. The second-order valence-electron chi connectivity index (χ2n) is 5.80. The first-order valence-corrected chi connectivity index (χ1v) is 7.24. The van der Waals surface area contributed by atoms with Crippen LogP contribution in [0.25, 0.3) is 0 Å². The second kappa shape index (κ2) is 7.18. The molecule has 4 nitrogen and oxygen atoms in total. The molecule has 0 saturated carbocycles. The molecule has 112 valence electrons. The number of nitrogens with zero attached hydrogens (tertiary/aromatic N) is 1. The van der Waals surface area contributed by atoms with Gasteiger partial charge in [0.2, 0.25) is 0 Å². The highest BCUT2D eigenvalue weighted by Crippen LogP contribution is 2.29. The van der Waals surface area contributed by atoms with Crippen LogP contribution < -0.4 is 0 Å². The van der Waals surface area contributed by atoms with Gasteiger partial charge in [-0.1, -0.05) is 30.3 Å². The van der Waals surface area contributed by atoms with E-state index in [9.17, 15) is 0 Å². The van der Waals surface area contributed by atoms with Crippen LogP contribution >= 0.6 is 0 Å². The van der Waals surface area contributed by atoms with E-state index < -0.39 is 0 Å². The van der Waals surface area contributed by atoms with E-state index in [-0.39, 0.29) is 18.2 Å². The van der Waals surface area contributed by atoms with E-state index >= 15 is 0 Å². The van der Waals surface area contributed by atoms with Gasteiger partial charge in [0.15, 0.2) is 0 Å². The van der Waals surface area contributed by atoms with Crippen molar-refractivity contribution in [1.29, 1.82) is 0 Å². The highest BCUT2D eigenvalue weighted by Gasteiger charge is 2.35. The van der Waals surface area contributed by atoms with Gasteiger partial charge in [-0.15, -0.1) is 0 Å². The minimum absolute atomic E-state index is 0.0217. The van der Waals surface area contributed by atoms with Crippen molar-refractivity contribution in [2.75, 3.05) is 39.5 Å². The molecule has 1 aliphatic heterocycles. The van der Waals surface area contributed by atoms with Crippen molar-refractivity contribution in [1.82, 2.24) is 4.90 Å². The summed E-state index contributed by atoms with van der Waals surface area (Å²) in [4.78, 5) is 2.41. The van der Waals surface area contributed by atoms with Crippen molar-refractivity contribution >= 4 is 0 Å². The Morgan fingerprint density at radius 3 is 2.75 bits per heavy atom. The lowest BCUT2D eigenvalue weighted by Crippen LogP contribution is -2.54. The molecule has 0 aromatic heterocycles. The Bertz CT molecular complexity index is 394. The van der Waals surface area contributed by atoms with Crippen molar-refractivity contribution in [3.05, 3.63) is 35.9 Å². The molecular formula is C16H25NO3. The molecule has 1 saturated heterocycles. The summed E-state index contributed by atoms with van der Waals surface area (Å²) in [5.41, 5.74) is 1.25. The summed E-state index contributed by atoms with van der Waals surface area (Å²) in [6.45, 7) is 7.98. The van der Waals surface area contributed by atoms with Gasteiger partial charge in [-0.25, -0.2) is 0 Å². The Hall–Kier alpha value is -0.940. The van der Waals surface area contributed by atoms with Gasteiger partial charge in [-0.3, -0.25) is 4.90 Å². The van der Waals surface area contributed by atoms with Gasteiger partial charge in [0.1, 0.15) is 0 Å². The maximum Gasteiger partial charge on any atom is 0.0952 e. The first kappa shape index (κ1) is 15.4. The quantitative estimate of drug-likeness (QED) is 0.807. The third kappa shape index (κ3) is 4.03. The van der Waals surface area contributed by atoms with E-state index in [1.165, 1.54) is 5.56 Å². The van der Waals surface area contributed by atoms with Gasteiger partial charge in [-0.2, -0.15) is 0 Å². The molecule has 0 aliphatic carbocycles. The zero-order valence-electron chi connectivity index (χ0n) is 12.4. The third-order valence-corrected chi connectivity index (χ3v) is 3.79. The SMILES string of the molecule is CC1(C)COC(c2ccccc2)CN1CCOCCO. The van der Waals surface area contributed by atoms with Crippen LogP contribution in [0.4, 0.5) is 0 Å². The fraction of sp³-hybridized carbons (Fsp3) is 0.625. The molecule has 1 heterocycles. The molecule has 2 rings (SSSR count). The van der Waals surface area contributed by atoms with Gasteiger partial charge in [0, 0.05) is 18.6 Å². The minimum Gasteiger partial charge on any atom is -0.394 e. The summed E-state index contributed by atoms with van der Waals surface area (Å²) in [6.07, 6.45) is 0.127. The molecule has 1 aromatic carbocycles. The number of aliphatic hydroxyl groups excluding tert-OH is 1. The first-order valence-electron chi connectivity index (χ1n) is 7.24. The maximum atomic E-state index is 8.74. The number of benzene rings is 1. The first-order chi connectivity index (χ1) is 9.63. The van der Waals surface area contributed by atoms with Gasteiger partial charge in [0.05, 0.1) is 32.5 Å². The molecule has 1 aromatic rings. The summed E-state index contributed by atoms with van der Waals surface area (Å²) in [5.74, 6) is 0. The van der Waals surface area contributed by atoms with Gasteiger partial charge in [-0.05, 0) is 19.4 Å². The summed E-state index contributed by atoms with van der Waals surface area (Å²) in [6, 6.07) is 10.4. The molecular weight excluding hydrogens is 254 g/mol. The van der Waals surface area contributed by atoms with Crippen molar-refractivity contribution in [3.8, 4) is 0 Å². The van der Waals surface area contributed by atoms with E-state index in [0.717, 1.165) is 13.1 Å². The fourth-order valence-electron chi connectivity index (χ4n) is 2.50. The molecule has 1 aliphatic rings. The van der Waals surface area contributed by atoms with Crippen LogP contribution in [0.1, 0.15) is 25.5 Å². The number of rotatable bonds is 6. The smallest absolute Gasteiger partial charge is 0.0952 e. The average molecular weight is 279 g/mol. The Balaban J connectivity index is 1.93. The Kier molecular flexibility index (Phi) is 5.54. The number of hydrogen-bond acceptors (Lipinski definition) is 4. The zero-order valence-corrected chi connectivity index (χ0v) is 12.4. The van der Waals surface area contributed by atoms with Crippen LogP contribution in [-0.4, -0.2) is 55.1 Å². The predicted molar refractivity (Wildman–Crippen MR) is 78.7 cm³/mol. The van der Waals surface area contributed by atoms with Crippen molar-refractivity contribution in [2.24, 2.45) is 0 Å². The summed E-state index contributed by atoms with van der Waals surface area (Å²) >= 11 is 0. The van der Waals surface area contributed by atoms with Gasteiger partial charge in [0.25, 0.3) is 0 Å². The largest absolute Gasteiger partial charge is 0.394 e. The van der Waals surface area contributed by atoms with Crippen LogP contribution in [0.2, 0.25) is 0 Å². The second-order valence-corrected chi connectivity index (χ2v) is 5.80. The lowest BCUT2D eigenvalue weighted by molar-refractivity contribution is -0.107. The zero-order chi connectivity index (χ0) is 14.4. The summed E-state index contributed by atoms with van der Waals surface area (Å²) in [5, 5.41) is 8.74. The molecule has 1 unspecified atom stereocenters. The topological polar surface area (TPSA) is 41.9 Å². The fourth-order valence-corrected chi connectivity index (χ4v) is 2.50. The highest BCUT2D eigenvalue weighted by molar-refractivity contribution is 5.18. The van der Waals surface area contributed by atoms with Gasteiger partial charge < -0.3 is 14.6 Å². The van der Waals surface area contributed by atoms with Crippen LogP contribution in [-0.2, 0) is 9.47 Å². The summed E-state index contributed by atoms with van der Waals surface area (Å²) in [7, 11) is 0. The Morgan fingerprint density at radius 1 is 1.30 bits per heavy atom. The van der Waals surface area contributed by atoms with Gasteiger partial charge >= 0.3 is 0 Å². The van der Waals surface area contributed by atoms with Crippen molar-refractivity contribution in [2.45, 2.75) is 25.5 Å². The minimum atomic E-state index is 0.0217. The monoisotopic (exact) mass is 279 g/mol. The van der Waals surface area contributed by atoms with E-state index in [1.54, 1.807) is 0 Å². The summed E-state index contributed by atoms with van der Waals surface area (Å²) < 4.78 is 11.4. The van der Waals surface area contributed by atoms with E-state index in [2.05, 4.69) is 30.9 Å². The molecule has 0 spiro atoms. The normalized spacial score (nSPS) is 22.9. The van der Waals surface area contributed by atoms with Crippen LogP contribution in [0.5, 0.6) is 0 Å². The standard InChI is InChI=1S/C16H25NO3/c1-16(2)13-20-15(14-6-4-3-5-7-14)12-17(16)8-10-19-11-9-18/h3-7,15,18H,8-13H2,1-2H3. The molecule has 1 atom stereocenters. The van der Waals surface area contributed by atoms with Crippen LogP contribution in [0.15, 0.2) is 30.3 Å². The lowest BCUT2D eigenvalue weighted by atomic mass is 9.98. The maximum absolute atomic E-state index is 8.74. The van der Waals surface area contributed by atoms with Crippen molar-refractivity contribution in [3.63, 3.8) is 0 Å². The molecule has 1 N–H and O–H groups in total. The Morgan fingerprint density at radius 2 is 2.05 bits per heavy atom. The molecule has 1 fully saturated rings. The molecule has 4 heteroatoms. The number of aliphatic hydroxyl groups is 1. The average Bonchev–Trinajstić information content (AvgIpc) is 2.46. The number of ether oxygens (including phenoxy) is 2. The van der Waals surface area contributed by atoms with E-state index in [0.29, 0.717) is 19.8 Å². The molecule has 20 heavy (non-hydrogen) atoms. The van der Waals surface area contributed by atoms with E-state index in [1.807, 2.05) is 18.2 Å². The highest BCUT2D eigenvalue weighted by atomic mass is 16.5.